The van der Waals surface area contributed by atoms with Crippen molar-refractivity contribution in [2.24, 2.45) is 0 Å². The van der Waals surface area contributed by atoms with Crippen LogP contribution in [0.1, 0.15) is 11.1 Å². The van der Waals surface area contributed by atoms with Gasteiger partial charge in [-0.2, -0.15) is 0 Å². The first kappa shape index (κ1) is 8.61. The third kappa shape index (κ3) is 1.40. The van der Waals surface area contributed by atoms with Crippen LogP contribution in [0.25, 0.3) is 0 Å². The van der Waals surface area contributed by atoms with E-state index in [0.29, 0.717) is 0 Å². The highest BCUT2D eigenvalue weighted by Gasteiger charge is 2.07. The lowest BCUT2D eigenvalue weighted by atomic mass is 10.1. The minimum atomic E-state index is -0.467. The van der Waals surface area contributed by atoms with Gasteiger partial charge in [0, 0.05) is 0 Å². The maximum absolute atomic E-state index is 13.2. The maximum atomic E-state index is 13.2. The van der Waals surface area contributed by atoms with Crippen molar-refractivity contribution in [3.63, 3.8) is 0 Å². The van der Waals surface area contributed by atoms with Crippen LogP contribution in [0.3, 0.4) is 0 Å². The largest absolute Gasteiger partial charge is 0.494 e. The molecule has 1 nitrogen and oxygen atoms in total. The standard InChI is InChI=1S/C10H9FO/c1-4-8-5-7(2)6-9(12-3)10(8)11/h1,5-6H,2-3H3. The summed E-state index contributed by atoms with van der Waals surface area (Å²) in [5.74, 6) is 1.99. The molecule has 0 unspecified atom stereocenters. The van der Waals surface area contributed by atoms with Crippen molar-refractivity contribution in [1.82, 2.24) is 0 Å². The summed E-state index contributed by atoms with van der Waals surface area (Å²) in [6, 6.07) is 3.22. The summed E-state index contributed by atoms with van der Waals surface area (Å²) in [5.41, 5.74) is 1.13. The molecule has 0 spiro atoms. The van der Waals surface area contributed by atoms with E-state index in [1.807, 2.05) is 6.92 Å². The molecule has 0 aliphatic rings. The molecular weight excluding hydrogens is 155 g/mol. The minimum absolute atomic E-state index is 0.197. The van der Waals surface area contributed by atoms with Gasteiger partial charge in [0.25, 0.3) is 0 Å². The second kappa shape index (κ2) is 3.27. The Morgan fingerprint density at radius 2 is 2.17 bits per heavy atom. The predicted molar refractivity (Wildman–Crippen MR) is 45.6 cm³/mol. The summed E-state index contributed by atoms with van der Waals surface area (Å²) in [4.78, 5) is 0. The van der Waals surface area contributed by atoms with Crippen molar-refractivity contribution in [2.45, 2.75) is 6.92 Å². The van der Waals surface area contributed by atoms with E-state index in [2.05, 4.69) is 5.92 Å². The molecule has 62 valence electrons. The number of methoxy groups -OCH3 is 1. The SMILES string of the molecule is C#Cc1cc(C)cc(OC)c1F. The Morgan fingerprint density at radius 1 is 1.50 bits per heavy atom. The zero-order valence-corrected chi connectivity index (χ0v) is 7.02. The topological polar surface area (TPSA) is 9.23 Å². The molecule has 0 bridgehead atoms. The summed E-state index contributed by atoms with van der Waals surface area (Å²) in [7, 11) is 1.41. The average molecular weight is 164 g/mol. The van der Waals surface area contributed by atoms with E-state index in [9.17, 15) is 4.39 Å². The van der Waals surface area contributed by atoms with E-state index in [4.69, 9.17) is 11.2 Å². The van der Waals surface area contributed by atoms with Crippen LogP contribution < -0.4 is 4.74 Å². The molecule has 0 atom stereocenters. The highest BCUT2D eigenvalue weighted by atomic mass is 19.1. The highest BCUT2D eigenvalue weighted by molar-refractivity contribution is 5.43. The van der Waals surface area contributed by atoms with Crippen LogP contribution in [0.4, 0.5) is 4.39 Å². The van der Waals surface area contributed by atoms with Crippen molar-refractivity contribution in [3.05, 3.63) is 29.1 Å². The summed E-state index contributed by atoms with van der Waals surface area (Å²) >= 11 is 0. The third-order valence-corrected chi connectivity index (χ3v) is 1.56. The van der Waals surface area contributed by atoms with Crippen LogP contribution in [-0.4, -0.2) is 7.11 Å². The summed E-state index contributed by atoms with van der Waals surface area (Å²) < 4.78 is 18.0. The molecule has 2 heteroatoms. The van der Waals surface area contributed by atoms with Crippen molar-refractivity contribution < 1.29 is 9.13 Å². The first-order chi connectivity index (χ1) is 5.69. The molecule has 12 heavy (non-hydrogen) atoms. The Kier molecular flexibility index (Phi) is 2.35. The smallest absolute Gasteiger partial charge is 0.180 e. The first-order valence-corrected chi connectivity index (χ1v) is 3.49. The van der Waals surface area contributed by atoms with Crippen LogP contribution in [0.15, 0.2) is 12.1 Å². The van der Waals surface area contributed by atoms with Gasteiger partial charge in [-0.3, -0.25) is 0 Å². The Balaban J connectivity index is 3.34. The Hall–Kier alpha value is -1.49. The number of rotatable bonds is 1. The van der Waals surface area contributed by atoms with Gasteiger partial charge in [-0.05, 0) is 24.6 Å². The zero-order valence-electron chi connectivity index (χ0n) is 7.02. The molecule has 0 saturated carbocycles. The third-order valence-electron chi connectivity index (χ3n) is 1.56. The van der Waals surface area contributed by atoms with Gasteiger partial charge in [0.15, 0.2) is 11.6 Å². The molecule has 0 aliphatic carbocycles. The lowest BCUT2D eigenvalue weighted by Crippen LogP contribution is -1.92. The minimum Gasteiger partial charge on any atom is -0.494 e. The molecule has 1 aromatic rings. The number of halogens is 1. The van der Waals surface area contributed by atoms with Gasteiger partial charge in [-0.1, -0.05) is 5.92 Å². The molecule has 0 aromatic heterocycles. The molecule has 0 aliphatic heterocycles. The summed E-state index contributed by atoms with van der Waals surface area (Å²) in [6.07, 6.45) is 5.10. The Bertz CT molecular complexity index is 336. The molecule has 1 aromatic carbocycles. The van der Waals surface area contributed by atoms with Crippen LogP contribution in [0, 0.1) is 25.1 Å². The number of terminal acetylenes is 1. The fourth-order valence-electron chi connectivity index (χ4n) is 0.989. The Labute approximate surface area is 71.2 Å². The molecule has 0 N–H and O–H groups in total. The number of ether oxygens (including phenoxy) is 1. The normalized spacial score (nSPS) is 9.17. The molecule has 0 radical (unpaired) electrons. The van der Waals surface area contributed by atoms with E-state index in [1.165, 1.54) is 7.11 Å². The fraction of sp³-hybridized carbons (Fsp3) is 0.200. The maximum Gasteiger partial charge on any atom is 0.180 e. The van der Waals surface area contributed by atoms with Crippen molar-refractivity contribution in [2.75, 3.05) is 7.11 Å². The van der Waals surface area contributed by atoms with E-state index < -0.39 is 5.82 Å². The van der Waals surface area contributed by atoms with E-state index >= 15 is 0 Å². The summed E-state index contributed by atoms with van der Waals surface area (Å²) in [5, 5.41) is 0. The molecule has 0 amide bonds. The molecule has 1 rings (SSSR count). The predicted octanol–water partition coefficient (Wildman–Crippen LogP) is 2.12. The van der Waals surface area contributed by atoms with Crippen LogP contribution in [0.2, 0.25) is 0 Å². The summed E-state index contributed by atoms with van der Waals surface area (Å²) in [6.45, 7) is 1.84. The second-order valence-electron chi connectivity index (χ2n) is 2.47. The fourth-order valence-corrected chi connectivity index (χ4v) is 0.989. The van der Waals surface area contributed by atoms with Crippen molar-refractivity contribution in [3.8, 4) is 18.1 Å². The number of aryl methyl sites for hydroxylation is 1. The van der Waals surface area contributed by atoms with Crippen LogP contribution >= 0.6 is 0 Å². The van der Waals surface area contributed by atoms with Gasteiger partial charge in [0.1, 0.15) is 0 Å². The zero-order chi connectivity index (χ0) is 9.14. The average Bonchev–Trinajstić information content (AvgIpc) is 2.08. The van der Waals surface area contributed by atoms with Gasteiger partial charge >= 0.3 is 0 Å². The Morgan fingerprint density at radius 3 is 2.67 bits per heavy atom. The van der Waals surface area contributed by atoms with E-state index in [0.717, 1.165) is 5.56 Å². The van der Waals surface area contributed by atoms with E-state index in [1.54, 1.807) is 12.1 Å². The van der Waals surface area contributed by atoms with Gasteiger partial charge in [-0.25, -0.2) is 4.39 Å². The van der Waals surface area contributed by atoms with Crippen molar-refractivity contribution in [1.29, 1.82) is 0 Å². The van der Waals surface area contributed by atoms with Gasteiger partial charge in [0.05, 0.1) is 12.7 Å². The van der Waals surface area contributed by atoms with Gasteiger partial charge in [-0.15, -0.1) is 6.42 Å². The van der Waals surface area contributed by atoms with Crippen LogP contribution in [-0.2, 0) is 0 Å². The highest BCUT2D eigenvalue weighted by Crippen LogP contribution is 2.21. The van der Waals surface area contributed by atoms with Crippen molar-refractivity contribution >= 4 is 0 Å². The second-order valence-corrected chi connectivity index (χ2v) is 2.47. The van der Waals surface area contributed by atoms with Gasteiger partial charge in [0.2, 0.25) is 0 Å². The molecular formula is C10H9FO. The first-order valence-electron chi connectivity index (χ1n) is 3.49. The van der Waals surface area contributed by atoms with Gasteiger partial charge < -0.3 is 4.74 Å². The number of hydrogen-bond donors (Lipinski definition) is 0. The quantitative estimate of drug-likeness (QED) is 0.578. The lowest BCUT2D eigenvalue weighted by Gasteiger charge is -2.04. The monoisotopic (exact) mass is 164 g/mol. The molecule has 0 fully saturated rings. The molecule has 0 heterocycles. The van der Waals surface area contributed by atoms with Crippen LogP contribution in [0.5, 0.6) is 5.75 Å². The number of hydrogen-bond acceptors (Lipinski definition) is 1. The molecule has 0 saturated heterocycles. The van der Waals surface area contributed by atoms with E-state index in [-0.39, 0.29) is 11.3 Å². The lowest BCUT2D eigenvalue weighted by molar-refractivity contribution is 0.385. The number of benzene rings is 1.